The van der Waals surface area contributed by atoms with Crippen molar-refractivity contribution in [2.24, 2.45) is 0 Å². The molecule has 0 radical (unpaired) electrons. The third kappa shape index (κ3) is 5.01. The molecule has 0 saturated heterocycles. The number of hydrogen-bond acceptors (Lipinski definition) is 6. The van der Waals surface area contributed by atoms with Gasteiger partial charge in [0.05, 0.1) is 10.9 Å². The second-order valence-corrected chi connectivity index (χ2v) is 9.90. The molecule has 0 fully saturated rings. The van der Waals surface area contributed by atoms with Crippen LogP contribution in [0.5, 0.6) is 0 Å². The first-order chi connectivity index (χ1) is 16.4. The molecule has 4 rings (SSSR count). The molecule has 0 saturated carbocycles. The predicted octanol–water partition coefficient (Wildman–Crippen LogP) is 5.21. The second-order valence-electron chi connectivity index (χ2n) is 7.86. The summed E-state index contributed by atoms with van der Waals surface area (Å²) in [4.78, 5) is 4.44. The van der Waals surface area contributed by atoms with Crippen molar-refractivity contribution in [3.63, 3.8) is 0 Å². The molecule has 0 bridgehead atoms. The van der Waals surface area contributed by atoms with E-state index in [1.165, 1.54) is 16.4 Å². The van der Waals surface area contributed by atoms with Gasteiger partial charge in [0.25, 0.3) is 0 Å². The Kier molecular flexibility index (Phi) is 6.77. The number of sulfonamides is 1. The highest BCUT2D eigenvalue weighted by Crippen LogP contribution is 2.29. The van der Waals surface area contributed by atoms with Crippen molar-refractivity contribution in [2.45, 2.75) is 24.4 Å². The molecule has 3 aromatic carbocycles. The van der Waals surface area contributed by atoms with E-state index in [4.69, 9.17) is 4.42 Å². The van der Waals surface area contributed by atoms with E-state index in [0.29, 0.717) is 5.56 Å². The highest BCUT2D eigenvalue weighted by molar-refractivity contribution is 7.89. The first-order valence-electron chi connectivity index (χ1n) is 10.7. The topological polar surface area (TPSA) is 99.2 Å². The summed E-state index contributed by atoms with van der Waals surface area (Å²) < 4.78 is 33.1. The van der Waals surface area contributed by atoms with Crippen LogP contribution in [0, 0.1) is 11.3 Å². The van der Waals surface area contributed by atoms with Crippen molar-refractivity contribution in [2.75, 3.05) is 12.4 Å². The maximum Gasteiger partial charge on any atom is 0.243 e. The summed E-state index contributed by atoms with van der Waals surface area (Å²) in [5, 5.41) is 12.7. The Morgan fingerprint density at radius 3 is 2.24 bits per heavy atom. The number of nitrogens with one attached hydrogen (secondary N) is 1. The van der Waals surface area contributed by atoms with Crippen molar-refractivity contribution in [3.05, 3.63) is 102 Å². The van der Waals surface area contributed by atoms with Crippen LogP contribution in [0.3, 0.4) is 0 Å². The second kappa shape index (κ2) is 9.91. The Bertz CT molecular complexity index is 1390. The lowest BCUT2D eigenvalue weighted by Gasteiger charge is -2.17. The van der Waals surface area contributed by atoms with Crippen LogP contribution >= 0.6 is 0 Å². The number of hydrogen-bond donors (Lipinski definition) is 1. The average Bonchev–Trinajstić information content (AvgIpc) is 3.28. The molecule has 1 heterocycles. The van der Waals surface area contributed by atoms with Crippen molar-refractivity contribution < 1.29 is 12.8 Å². The summed E-state index contributed by atoms with van der Waals surface area (Å²) >= 11 is 0. The van der Waals surface area contributed by atoms with Crippen LogP contribution in [-0.4, -0.2) is 24.8 Å². The zero-order chi connectivity index (χ0) is 24.1. The molecule has 4 aromatic rings. The molecule has 0 amide bonds. The number of anilines is 1. The maximum atomic E-state index is 13.0. The Hall–Kier alpha value is -3.93. The first kappa shape index (κ1) is 23.2. The van der Waals surface area contributed by atoms with Gasteiger partial charge in [-0.3, -0.25) is 0 Å². The zero-order valence-electron chi connectivity index (χ0n) is 18.8. The lowest BCUT2D eigenvalue weighted by Crippen LogP contribution is -2.26. The molecule has 1 aromatic heterocycles. The number of rotatable bonds is 8. The number of benzene rings is 3. The molecular weight excluding hydrogens is 448 g/mol. The van der Waals surface area contributed by atoms with Crippen LogP contribution in [0.4, 0.5) is 5.88 Å². The largest absolute Gasteiger partial charge is 0.419 e. The summed E-state index contributed by atoms with van der Waals surface area (Å²) in [6.07, 6.45) is 0. The molecule has 1 atom stereocenters. The van der Waals surface area contributed by atoms with E-state index in [9.17, 15) is 13.7 Å². The van der Waals surface area contributed by atoms with Crippen LogP contribution in [0.15, 0.2) is 94.2 Å². The Labute approximate surface area is 199 Å². The molecule has 8 heteroatoms. The van der Waals surface area contributed by atoms with Gasteiger partial charge in [-0.1, -0.05) is 60.7 Å². The van der Waals surface area contributed by atoms with Gasteiger partial charge in [0.15, 0.2) is 0 Å². The van der Waals surface area contributed by atoms with E-state index >= 15 is 0 Å². The summed E-state index contributed by atoms with van der Waals surface area (Å²) in [7, 11) is -2.12. The third-order valence-corrected chi connectivity index (χ3v) is 7.26. The Morgan fingerprint density at radius 2 is 1.62 bits per heavy atom. The van der Waals surface area contributed by atoms with Gasteiger partial charge in [0.1, 0.15) is 6.07 Å². The van der Waals surface area contributed by atoms with E-state index in [-0.39, 0.29) is 35.0 Å². The molecule has 0 spiro atoms. The van der Waals surface area contributed by atoms with Gasteiger partial charge in [-0.05, 0) is 42.3 Å². The van der Waals surface area contributed by atoms with Gasteiger partial charge < -0.3 is 9.73 Å². The fourth-order valence-electron chi connectivity index (χ4n) is 3.51. The molecular formula is C26H24N4O3S. The van der Waals surface area contributed by atoms with E-state index in [1.807, 2.05) is 73.7 Å². The van der Waals surface area contributed by atoms with Gasteiger partial charge in [0, 0.05) is 19.2 Å². The summed E-state index contributed by atoms with van der Waals surface area (Å²) in [6, 6.07) is 27.4. The summed E-state index contributed by atoms with van der Waals surface area (Å²) in [5.41, 5.74) is 2.65. The van der Waals surface area contributed by atoms with E-state index in [1.54, 1.807) is 19.2 Å². The predicted molar refractivity (Wildman–Crippen MR) is 130 cm³/mol. The number of nitrogens with zero attached hydrogens (tertiary/aromatic N) is 3. The quantitative estimate of drug-likeness (QED) is 0.378. The molecule has 7 nitrogen and oxygen atoms in total. The van der Waals surface area contributed by atoms with Gasteiger partial charge >= 0.3 is 0 Å². The normalized spacial score (nSPS) is 12.3. The Morgan fingerprint density at radius 1 is 1.00 bits per heavy atom. The molecule has 1 unspecified atom stereocenters. The van der Waals surface area contributed by atoms with Crippen molar-refractivity contribution in [1.82, 2.24) is 9.29 Å². The summed E-state index contributed by atoms with van der Waals surface area (Å²) in [5.74, 6) is 0.508. The van der Waals surface area contributed by atoms with Crippen molar-refractivity contribution in [3.8, 4) is 17.5 Å². The minimum Gasteiger partial charge on any atom is -0.419 e. The van der Waals surface area contributed by atoms with Crippen molar-refractivity contribution >= 4 is 15.9 Å². The number of aromatic nitrogens is 1. The monoisotopic (exact) mass is 472 g/mol. The minimum atomic E-state index is -3.67. The number of nitriles is 1. The zero-order valence-corrected chi connectivity index (χ0v) is 19.7. The van der Waals surface area contributed by atoms with Gasteiger partial charge in [0.2, 0.25) is 27.5 Å². The van der Waals surface area contributed by atoms with Gasteiger partial charge in [-0.15, -0.1) is 0 Å². The van der Waals surface area contributed by atoms with E-state index in [0.717, 1.165) is 11.1 Å². The average molecular weight is 473 g/mol. The molecule has 1 N–H and O–H groups in total. The fourth-order valence-corrected chi connectivity index (χ4v) is 4.67. The highest BCUT2D eigenvalue weighted by Gasteiger charge is 2.22. The molecule has 0 aliphatic carbocycles. The van der Waals surface area contributed by atoms with Crippen LogP contribution in [0.2, 0.25) is 0 Å². The lowest BCUT2D eigenvalue weighted by atomic mass is 10.1. The Balaban J connectivity index is 1.53. The van der Waals surface area contributed by atoms with E-state index in [2.05, 4.69) is 10.3 Å². The SMILES string of the molecule is CC(Nc1oc(-c2ccc(S(=O)(=O)N(C)Cc3ccccc3)cc2)nc1C#N)c1ccccc1. The molecule has 34 heavy (non-hydrogen) atoms. The standard InChI is InChI=1S/C26H24N4O3S/c1-19(21-11-7-4-8-12-21)28-26-24(17-27)29-25(33-26)22-13-15-23(16-14-22)34(31,32)30(2)18-20-9-5-3-6-10-20/h3-16,19,28H,18H2,1-2H3. The molecule has 172 valence electrons. The fraction of sp³-hybridized carbons (Fsp3) is 0.154. The smallest absolute Gasteiger partial charge is 0.243 e. The highest BCUT2D eigenvalue weighted by atomic mass is 32.2. The molecule has 0 aliphatic rings. The van der Waals surface area contributed by atoms with Crippen LogP contribution < -0.4 is 5.32 Å². The number of oxazole rings is 1. The van der Waals surface area contributed by atoms with Crippen LogP contribution in [-0.2, 0) is 16.6 Å². The van der Waals surface area contributed by atoms with Crippen LogP contribution in [0.25, 0.3) is 11.5 Å². The van der Waals surface area contributed by atoms with Crippen molar-refractivity contribution in [1.29, 1.82) is 5.26 Å². The van der Waals surface area contributed by atoms with Crippen LogP contribution in [0.1, 0.15) is 29.8 Å². The minimum absolute atomic E-state index is 0.0956. The maximum absolute atomic E-state index is 13.0. The van der Waals surface area contributed by atoms with Gasteiger partial charge in [-0.25, -0.2) is 8.42 Å². The van der Waals surface area contributed by atoms with Gasteiger partial charge in [-0.2, -0.15) is 14.6 Å². The first-order valence-corrected chi connectivity index (χ1v) is 12.2. The summed E-state index contributed by atoms with van der Waals surface area (Å²) in [6.45, 7) is 2.23. The lowest BCUT2D eigenvalue weighted by molar-refractivity contribution is 0.466. The third-order valence-electron chi connectivity index (χ3n) is 5.44. The molecule has 0 aliphatic heterocycles. The van der Waals surface area contributed by atoms with E-state index < -0.39 is 10.0 Å².